The van der Waals surface area contributed by atoms with Gasteiger partial charge in [-0.2, -0.15) is 0 Å². The monoisotopic (exact) mass is 243 g/mol. The summed E-state index contributed by atoms with van der Waals surface area (Å²) >= 11 is 11.6. The lowest BCUT2D eigenvalue weighted by atomic mass is 10.3. The molecule has 0 aliphatic rings. The number of halogens is 2. The molecule has 1 rings (SSSR count). The van der Waals surface area contributed by atoms with Crippen LogP contribution in [0.5, 0.6) is 0 Å². The van der Waals surface area contributed by atoms with Crippen LogP contribution in [-0.4, -0.2) is 17.6 Å². The lowest BCUT2D eigenvalue weighted by molar-refractivity contribution is -0.136. The van der Waals surface area contributed by atoms with Crippen LogP contribution < -0.4 is 0 Å². The van der Waals surface area contributed by atoms with Gasteiger partial charge in [0.05, 0.1) is 22.2 Å². The summed E-state index contributed by atoms with van der Waals surface area (Å²) in [6.07, 6.45) is 2.81. The summed E-state index contributed by atoms with van der Waals surface area (Å²) in [5.41, 5.74) is 0.376. The van der Waals surface area contributed by atoms with Crippen molar-refractivity contribution in [3.05, 3.63) is 28.0 Å². The van der Waals surface area contributed by atoms with Crippen molar-refractivity contribution in [1.29, 1.82) is 0 Å². The van der Waals surface area contributed by atoms with Gasteiger partial charge in [0.2, 0.25) is 0 Å². The number of rotatable bonds is 1. The second-order valence-corrected chi connectivity index (χ2v) is 3.26. The molecule has 0 unspecified atom stereocenters. The molecule has 1 aromatic rings. The Labute approximate surface area is 97.4 Å². The molecule has 0 radical (unpaired) electrons. The van der Waals surface area contributed by atoms with Gasteiger partial charge in [-0.15, -0.1) is 0 Å². The highest BCUT2D eigenvalue weighted by atomic mass is 35.5. The molecule has 0 saturated carbocycles. The summed E-state index contributed by atoms with van der Waals surface area (Å²) in [4.78, 5) is 14.7. The summed E-state index contributed by atoms with van der Waals surface area (Å²) in [5.74, 6) is 4.20. The third kappa shape index (κ3) is 3.43. The number of hydrogen-bond acceptors (Lipinski definition) is 3. The molecule has 5 heteroatoms. The van der Waals surface area contributed by atoms with Crippen molar-refractivity contribution >= 4 is 29.2 Å². The highest BCUT2D eigenvalue weighted by Gasteiger charge is 2.03. The first-order chi connectivity index (χ1) is 7.15. The fraction of sp³-hybridized carbons (Fsp3) is 0.200. The topological polar surface area (TPSA) is 39.2 Å². The van der Waals surface area contributed by atoms with Crippen molar-refractivity contribution in [3.8, 4) is 11.8 Å². The third-order valence-corrected chi connectivity index (χ3v) is 1.99. The minimum atomic E-state index is -0.610. The van der Waals surface area contributed by atoms with Crippen molar-refractivity contribution in [2.75, 3.05) is 6.61 Å². The maximum Gasteiger partial charge on any atom is 0.384 e. The van der Waals surface area contributed by atoms with Gasteiger partial charge in [-0.25, -0.2) is 4.79 Å². The molecular weight excluding hydrogens is 237 g/mol. The second kappa shape index (κ2) is 5.59. The molecule has 0 atom stereocenters. The van der Waals surface area contributed by atoms with E-state index in [0.29, 0.717) is 15.6 Å². The van der Waals surface area contributed by atoms with Gasteiger partial charge in [-0.3, -0.25) is 4.98 Å². The summed E-state index contributed by atoms with van der Waals surface area (Å²) in [7, 11) is 0. The van der Waals surface area contributed by atoms with Gasteiger partial charge in [0.15, 0.2) is 0 Å². The first kappa shape index (κ1) is 11.8. The Morgan fingerprint density at radius 1 is 1.47 bits per heavy atom. The predicted molar refractivity (Wildman–Crippen MR) is 57.8 cm³/mol. The molecule has 3 nitrogen and oxygen atoms in total. The molecule has 0 fully saturated rings. The maximum atomic E-state index is 10.9. The number of hydrogen-bond donors (Lipinski definition) is 0. The van der Waals surface area contributed by atoms with E-state index in [-0.39, 0.29) is 6.61 Å². The van der Waals surface area contributed by atoms with Gasteiger partial charge in [0.25, 0.3) is 0 Å². The van der Waals surface area contributed by atoms with Crippen LogP contribution in [0.4, 0.5) is 0 Å². The van der Waals surface area contributed by atoms with Crippen LogP contribution in [0.15, 0.2) is 12.4 Å². The Bertz CT molecular complexity index is 415. The zero-order chi connectivity index (χ0) is 11.3. The van der Waals surface area contributed by atoms with E-state index in [1.54, 1.807) is 6.92 Å². The Balaban J connectivity index is 2.93. The van der Waals surface area contributed by atoms with Crippen LogP contribution in [0.25, 0.3) is 0 Å². The number of pyridine rings is 1. The smallest absolute Gasteiger partial charge is 0.384 e. The van der Waals surface area contributed by atoms with Crippen molar-refractivity contribution in [3.63, 3.8) is 0 Å². The quantitative estimate of drug-likeness (QED) is 0.562. The van der Waals surface area contributed by atoms with Gasteiger partial charge in [-0.1, -0.05) is 29.1 Å². The predicted octanol–water partition coefficient (Wildman–Crippen LogP) is 2.30. The van der Waals surface area contributed by atoms with Crippen molar-refractivity contribution in [2.45, 2.75) is 6.92 Å². The molecule has 0 amide bonds. The molecule has 1 aromatic heterocycles. The highest BCUT2D eigenvalue weighted by Crippen LogP contribution is 2.21. The number of carbonyl (C=O) groups excluding carboxylic acids is 1. The number of ether oxygens (including phenoxy) is 1. The molecule has 0 aromatic carbocycles. The Morgan fingerprint density at radius 3 is 2.60 bits per heavy atom. The normalized spacial score (nSPS) is 9.00. The summed E-state index contributed by atoms with van der Waals surface area (Å²) in [6.45, 7) is 1.98. The number of aromatic nitrogens is 1. The molecule has 0 aliphatic heterocycles. The van der Waals surface area contributed by atoms with Gasteiger partial charge in [-0.05, 0) is 6.92 Å². The number of nitrogens with zero attached hydrogens (tertiary/aromatic N) is 1. The zero-order valence-corrected chi connectivity index (χ0v) is 9.39. The van der Waals surface area contributed by atoms with E-state index < -0.39 is 5.97 Å². The molecule has 0 spiro atoms. The third-order valence-electron chi connectivity index (χ3n) is 1.42. The summed E-state index contributed by atoms with van der Waals surface area (Å²) in [6, 6.07) is 0. The first-order valence-corrected chi connectivity index (χ1v) is 4.88. The maximum absolute atomic E-state index is 10.9. The SMILES string of the molecule is CCOC(=O)C#Cc1c(Cl)cncc1Cl. The van der Waals surface area contributed by atoms with E-state index >= 15 is 0 Å². The molecule has 0 bridgehead atoms. The molecule has 0 saturated heterocycles. The Morgan fingerprint density at radius 2 is 2.07 bits per heavy atom. The highest BCUT2D eigenvalue weighted by molar-refractivity contribution is 6.36. The number of esters is 1. The fourth-order valence-corrected chi connectivity index (χ4v) is 1.27. The van der Waals surface area contributed by atoms with Crippen molar-refractivity contribution in [1.82, 2.24) is 4.98 Å². The van der Waals surface area contributed by atoms with E-state index in [0.717, 1.165) is 0 Å². The minimum absolute atomic E-state index is 0.283. The molecule has 78 valence electrons. The van der Waals surface area contributed by atoms with E-state index in [1.807, 2.05) is 0 Å². The summed E-state index contributed by atoms with van der Waals surface area (Å²) in [5, 5.41) is 0.610. The molecule has 1 heterocycles. The average molecular weight is 244 g/mol. The molecule has 15 heavy (non-hydrogen) atoms. The number of carbonyl (C=O) groups is 1. The van der Waals surface area contributed by atoms with E-state index in [9.17, 15) is 4.79 Å². The summed E-state index contributed by atoms with van der Waals surface area (Å²) < 4.78 is 4.63. The molecule has 0 N–H and O–H groups in total. The van der Waals surface area contributed by atoms with Crippen LogP contribution in [0.1, 0.15) is 12.5 Å². The van der Waals surface area contributed by atoms with Crippen LogP contribution in [0.2, 0.25) is 10.0 Å². The standard InChI is InChI=1S/C10H7Cl2NO2/c1-2-15-10(14)4-3-7-8(11)5-13-6-9(7)12/h5-6H,2H2,1H3. The van der Waals surface area contributed by atoms with Crippen LogP contribution in [0.3, 0.4) is 0 Å². The molecule has 0 aliphatic carbocycles. The second-order valence-electron chi connectivity index (χ2n) is 2.45. The first-order valence-electron chi connectivity index (χ1n) is 4.13. The fourth-order valence-electron chi connectivity index (χ4n) is 0.811. The Hall–Kier alpha value is -1.24. The van der Waals surface area contributed by atoms with Crippen LogP contribution in [-0.2, 0) is 9.53 Å². The average Bonchev–Trinajstić information content (AvgIpc) is 2.17. The van der Waals surface area contributed by atoms with Gasteiger partial charge in [0, 0.05) is 18.3 Å². The lowest BCUT2D eigenvalue weighted by Gasteiger charge is -1.96. The van der Waals surface area contributed by atoms with Crippen molar-refractivity contribution in [2.24, 2.45) is 0 Å². The molecular formula is C10H7Cl2NO2. The van der Waals surface area contributed by atoms with E-state index in [4.69, 9.17) is 23.2 Å². The van der Waals surface area contributed by atoms with Crippen LogP contribution in [0, 0.1) is 11.8 Å². The van der Waals surface area contributed by atoms with E-state index in [2.05, 4.69) is 21.6 Å². The minimum Gasteiger partial charge on any atom is -0.456 e. The lowest BCUT2D eigenvalue weighted by Crippen LogP contribution is -1.99. The van der Waals surface area contributed by atoms with Gasteiger partial charge in [0.1, 0.15) is 0 Å². The van der Waals surface area contributed by atoms with E-state index in [1.165, 1.54) is 12.4 Å². The Kier molecular flexibility index (Phi) is 4.41. The van der Waals surface area contributed by atoms with Gasteiger partial charge >= 0.3 is 5.97 Å². The van der Waals surface area contributed by atoms with Gasteiger partial charge < -0.3 is 4.74 Å². The van der Waals surface area contributed by atoms with Crippen molar-refractivity contribution < 1.29 is 9.53 Å². The van der Waals surface area contributed by atoms with Crippen LogP contribution >= 0.6 is 23.2 Å². The largest absolute Gasteiger partial charge is 0.456 e. The zero-order valence-electron chi connectivity index (χ0n) is 7.88.